The Morgan fingerprint density at radius 1 is 1.36 bits per heavy atom. The van der Waals surface area contributed by atoms with Gasteiger partial charge in [0, 0.05) is 5.39 Å². The molecule has 2 aromatic rings. The van der Waals surface area contributed by atoms with Crippen molar-refractivity contribution in [2.75, 3.05) is 0 Å². The van der Waals surface area contributed by atoms with Crippen LogP contribution in [-0.4, -0.2) is 9.97 Å². The Kier molecular flexibility index (Phi) is 2.06. The average Bonchev–Trinajstić information content (AvgIpc) is 2.17. The van der Waals surface area contributed by atoms with Crippen molar-refractivity contribution >= 4 is 22.5 Å². The molecule has 1 heterocycles. The fourth-order valence-electron chi connectivity index (χ4n) is 1.32. The van der Waals surface area contributed by atoms with E-state index in [1.54, 1.807) is 18.2 Å². The molecule has 0 aliphatic carbocycles. The van der Waals surface area contributed by atoms with E-state index in [9.17, 15) is 0 Å². The van der Waals surface area contributed by atoms with Crippen LogP contribution in [0.25, 0.3) is 10.9 Å². The van der Waals surface area contributed by atoms with Crippen molar-refractivity contribution in [3.63, 3.8) is 0 Å². The average molecular weight is 204 g/mol. The summed E-state index contributed by atoms with van der Waals surface area (Å²) in [6.07, 6.45) is 0. The highest BCUT2D eigenvalue weighted by molar-refractivity contribution is 6.28. The van der Waals surface area contributed by atoms with Crippen LogP contribution in [0.3, 0.4) is 0 Å². The number of hydrogen-bond donors (Lipinski definition) is 0. The summed E-state index contributed by atoms with van der Waals surface area (Å²) in [5.74, 6) is 0. The lowest BCUT2D eigenvalue weighted by molar-refractivity contribution is 1.15. The first kappa shape index (κ1) is 8.92. The molecule has 0 atom stereocenters. The van der Waals surface area contributed by atoms with E-state index in [2.05, 4.69) is 16.0 Å². The summed E-state index contributed by atoms with van der Waals surface area (Å²) in [4.78, 5) is 8.08. The first-order valence-electron chi connectivity index (χ1n) is 4.05. The topological polar surface area (TPSA) is 49.6 Å². The molecular formula is C10H6ClN3. The quantitative estimate of drug-likeness (QED) is 0.618. The van der Waals surface area contributed by atoms with Crippen molar-refractivity contribution in [1.82, 2.24) is 9.97 Å². The molecule has 0 unspecified atom stereocenters. The van der Waals surface area contributed by atoms with Gasteiger partial charge >= 0.3 is 0 Å². The van der Waals surface area contributed by atoms with Gasteiger partial charge in [0.25, 0.3) is 0 Å². The summed E-state index contributed by atoms with van der Waals surface area (Å²) in [6, 6.07) is 7.32. The van der Waals surface area contributed by atoms with E-state index in [1.165, 1.54) is 0 Å². The Balaban J connectivity index is 2.84. The number of aromatic nitrogens is 2. The highest BCUT2D eigenvalue weighted by Gasteiger charge is 2.03. The van der Waals surface area contributed by atoms with Crippen molar-refractivity contribution in [1.29, 1.82) is 5.26 Å². The highest BCUT2D eigenvalue weighted by Crippen LogP contribution is 2.18. The lowest BCUT2D eigenvalue weighted by Crippen LogP contribution is -1.90. The summed E-state index contributed by atoms with van der Waals surface area (Å²) in [5, 5.41) is 9.83. The van der Waals surface area contributed by atoms with Gasteiger partial charge in [0.2, 0.25) is 5.28 Å². The maximum atomic E-state index is 8.73. The molecule has 2 rings (SSSR count). The fraction of sp³-hybridized carbons (Fsp3) is 0.100. The molecule has 0 aliphatic rings. The zero-order chi connectivity index (χ0) is 10.1. The smallest absolute Gasteiger partial charge is 0.223 e. The number of aryl methyl sites for hydroxylation is 1. The third kappa shape index (κ3) is 1.40. The van der Waals surface area contributed by atoms with Gasteiger partial charge in [-0.25, -0.2) is 9.97 Å². The van der Waals surface area contributed by atoms with E-state index in [1.807, 2.05) is 6.92 Å². The van der Waals surface area contributed by atoms with Crippen molar-refractivity contribution < 1.29 is 0 Å². The molecule has 4 heteroatoms. The molecule has 68 valence electrons. The van der Waals surface area contributed by atoms with Crippen molar-refractivity contribution in [2.24, 2.45) is 0 Å². The first-order chi connectivity index (χ1) is 6.70. The molecule has 0 amide bonds. The molecule has 0 bridgehead atoms. The van der Waals surface area contributed by atoms with Gasteiger partial charge in [-0.2, -0.15) is 5.26 Å². The normalized spacial score (nSPS) is 10.1. The molecule has 1 aromatic carbocycles. The minimum atomic E-state index is 0.236. The van der Waals surface area contributed by atoms with Crippen LogP contribution in [0, 0.1) is 18.3 Å². The van der Waals surface area contributed by atoms with E-state index in [0.29, 0.717) is 5.56 Å². The molecule has 14 heavy (non-hydrogen) atoms. The van der Waals surface area contributed by atoms with Crippen LogP contribution in [0.2, 0.25) is 5.28 Å². The second-order valence-electron chi connectivity index (χ2n) is 2.92. The number of halogens is 1. The molecule has 0 saturated carbocycles. The number of benzene rings is 1. The third-order valence-corrected chi connectivity index (χ3v) is 2.16. The molecule has 0 fully saturated rings. The van der Waals surface area contributed by atoms with Crippen LogP contribution in [0.5, 0.6) is 0 Å². The maximum absolute atomic E-state index is 8.73. The largest absolute Gasteiger partial charge is 0.223 e. The van der Waals surface area contributed by atoms with Crippen LogP contribution in [-0.2, 0) is 0 Å². The Morgan fingerprint density at radius 3 is 2.86 bits per heavy atom. The summed E-state index contributed by atoms with van der Waals surface area (Å²) in [6.45, 7) is 1.84. The Labute approximate surface area is 86.0 Å². The molecule has 0 radical (unpaired) electrons. The van der Waals surface area contributed by atoms with Gasteiger partial charge in [-0.3, -0.25) is 0 Å². The molecular weight excluding hydrogens is 198 g/mol. The third-order valence-electron chi connectivity index (χ3n) is 1.99. The van der Waals surface area contributed by atoms with Gasteiger partial charge < -0.3 is 0 Å². The molecule has 0 aliphatic heterocycles. The van der Waals surface area contributed by atoms with Crippen molar-refractivity contribution in [3.8, 4) is 6.07 Å². The second kappa shape index (κ2) is 3.24. The van der Waals surface area contributed by atoms with Crippen LogP contribution >= 0.6 is 11.6 Å². The van der Waals surface area contributed by atoms with Gasteiger partial charge in [0.05, 0.1) is 22.8 Å². The first-order valence-corrected chi connectivity index (χ1v) is 4.42. The zero-order valence-electron chi connectivity index (χ0n) is 7.45. The highest BCUT2D eigenvalue weighted by atomic mass is 35.5. The number of nitriles is 1. The lowest BCUT2D eigenvalue weighted by atomic mass is 10.1. The van der Waals surface area contributed by atoms with Gasteiger partial charge in [0.15, 0.2) is 0 Å². The van der Waals surface area contributed by atoms with Crippen LogP contribution < -0.4 is 0 Å². The Bertz CT molecular complexity index is 543. The summed E-state index contributed by atoms with van der Waals surface area (Å²) < 4.78 is 0. The summed E-state index contributed by atoms with van der Waals surface area (Å²) in [7, 11) is 0. The van der Waals surface area contributed by atoms with E-state index in [-0.39, 0.29) is 5.28 Å². The van der Waals surface area contributed by atoms with Gasteiger partial charge in [0.1, 0.15) is 0 Å². The van der Waals surface area contributed by atoms with Crippen LogP contribution in [0.15, 0.2) is 18.2 Å². The van der Waals surface area contributed by atoms with Crippen LogP contribution in [0.4, 0.5) is 0 Å². The van der Waals surface area contributed by atoms with E-state index < -0.39 is 0 Å². The maximum Gasteiger partial charge on any atom is 0.223 e. The standard InChI is InChI=1S/C10H6ClN3/c1-6-8-4-7(5-12)2-3-9(8)14-10(11)13-6/h2-4H,1H3. The number of fused-ring (bicyclic) bond motifs is 1. The number of hydrogen-bond acceptors (Lipinski definition) is 3. The Morgan fingerprint density at radius 2 is 2.14 bits per heavy atom. The molecule has 3 nitrogen and oxygen atoms in total. The fourth-order valence-corrected chi connectivity index (χ4v) is 1.53. The van der Waals surface area contributed by atoms with E-state index in [0.717, 1.165) is 16.6 Å². The van der Waals surface area contributed by atoms with Crippen molar-refractivity contribution in [2.45, 2.75) is 6.92 Å². The predicted octanol–water partition coefficient (Wildman–Crippen LogP) is 2.46. The number of nitrogens with zero attached hydrogens (tertiary/aromatic N) is 3. The van der Waals surface area contributed by atoms with E-state index in [4.69, 9.17) is 16.9 Å². The van der Waals surface area contributed by atoms with Gasteiger partial charge in [-0.1, -0.05) is 0 Å². The molecule has 0 N–H and O–H groups in total. The summed E-state index contributed by atoms with van der Waals surface area (Å²) >= 11 is 5.71. The lowest BCUT2D eigenvalue weighted by Gasteiger charge is -2.01. The predicted molar refractivity (Wildman–Crippen MR) is 54.0 cm³/mol. The molecule has 0 spiro atoms. The Hall–Kier alpha value is -1.66. The molecule has 1 aromatic heterocycles. The minimum absolute atomic E-state index is 0.236. The molecule has 0 saturated heterocycles. The van der Waals surface area contributed by atoms with Crippen molar-refractivity contribution in [3.05, 3.63) is 34.7 Å². The number of rotatable bonds is 0. The minimum Gasteiger partial charge on any atom is -0.223 e. The van der Waals surface area contributed by atoms with Gasteiger partial charge in [-0.05, 0) is 36.7 Å². The SMILES string of the molecule is Cc1nc(Cl)nc2ccc(C#N)cc12. The monoisotopic (exact) mass is 203 g/mol. The summed E-state index contributed by atoms with van der Waals surface area (Å²) in [5.41, 5.74) is 2.16. The zero-order valence-corrected chi connectivity index (χ0v) is 8.21. The second-order valence-corrected chi connectivity index (χ2v) is 3.26. The van der Waals surface area contributed by atoms with Gasteiger partial charge in [-0.15, -0.1) is 0 Å². The van der Waals surface area contributed by atoms with E-state index >= 15 is 0 Å². The van der Waals surface area contributed by atoms with Crippen LogP contribution in [0.1, 0.15) is 11.3 Å².